The zero-order valence-electron chi connectivity index (χ0n) is 19.4. The molecule has 2 aromatic rings. The second-order valence-electron chi connectivity index (χ2n) is 8.60. The van der Waals surface area contributed by atoms with Gasteiger partial charge in [0, 0.05) is 43.5 Å². The van der Waals surface area contributed by atoms with Crippen molar-refractivity contribution >= 4 is 33.3 Å². The van der Waals surface area contributed by atoms with Gasteiger partial charge in [-0.05, 0) is 75.4 Å². The number of anilines is 2. The molecule has 1 N–H and O–H groups in total. The van der Waals surface area contributed by atoms with Crippen LogP contribution in [0.2, 0.25) is 0 Å². The van der Waals surface area contributed by atoms with Gasteiger partial charge < -0.3 is 19.4 Å². The molecule has 34 heavy (non-hydrogen) atoms. The van der Waals surface area contributed by atoms with Crippen molar-refractivity contribution in [1.29, 1.82) is 0 Å². The fourth-order valence-electron chi connectivity index (χ4n) is 4.41. The SMILES string of the molecule is CCOC(=O)c1ccc(S(=O)(=O)N2CCC(C(=O)Nc3ccc(N4CCCCC4)cc3)CC2)o1. The number of ether oxygens (including phenoxy) is 1. The highest BCUT2D eigenvalue weighted by atomic mass is 32.2. The molecule has 1 aromatic carbocycles. The van der Waals surface area contributed by atoms with Gasteiger partial charge in [-0.25, -0.2) is 13.2 Å². The first-order chi connectivity index (χ1) is 16.4. The van der Waals surface area contributed by atoms with Gasteiger partial charge in [-0.1, -0.05) is 0 Å². The Morgan fingerprint density at radius 3 is 2.32 bits per heavy atom. The molecule has 2 saturated heterocycles. The second kappa shape index (κ2) is 10.6. The summed E-state index contributed by atoms with van der Waals surface area (Å²) in [7, 11) is -3.89. The van der Waals surface area contributed by atoms with Gasteiger partial charge >= 0.3 is 5.97 Å². The van der Waals surface area contributed by atoms with Gasteiger partial charge in [-0.3, -0.25) is 4.79 Å². The average Bonchev–Trinajstić information content (AvgIpc) is 3.37. The predicted molar refractivity (Wildman–Crippen MR) is 127 cm³/mol. The van der Waals surface area contributed by atoms with E-state index in [9.17, 15) is 18.0 Å². The number of furan rings is 1. The third-order valence-electron chi connectivity index (χ3n) is 6.33. The molecule has 0 radical (unpaired) electrons. The lowest BCUT2D eigenvalue weighted by atomic mass is 9.97. The molecule has 184 valence electrons. The number of sulfonamides is 1. The van der Waals surface area contributed by atoms with E-state index >= 15 is 0 Å². The Balaban J connectivity index is 1.30. The zero-order chi connectivity index (χ0) is 24.1. The van der Waals surface area contributed by atoms with E-state index in [-0.39, 0.29) is 42.4 Å². The largest absolute Gasteiger partial charge is 0.460 e. The van der Waals surface area contributed by atoms with Crippen molar-refractivity contribution in [3.63, 3.8) is 0 Å². The van der Waals surface area contributed by atoms with E-state index in [4.69, 9.17) is 9.15 Å². The van der Waals surface area contributed by atoms with Crippen LogP contribution in [-0.4, -0.2) is 57.4 Å². The number of nitrogens with zero attached hydrogens (tertiary/aromatic N) is 2. The molecule has 9 nitrogen and oxygen atoms in total. The molecule has 0 atom stereocenters. The van der Waals surface area contributed by atoms with Crippen LogP contribution in [-0.2, 0) is 19.6 Å². The molecule has 2 fully saturated rings. The molecular weight excluding hydrogens is 458 g/mol. The maximum Gasteiger partial charge on any atom is 0.374 e. The lowest BCUT2D eigenvalue weighted by Crippen LogP contribution is -2.41. The summed E-state index contributed by atoms with van der Waals surface area (Å²) in [4.78, 5) is 26.9. The number of carbonyl (C=O) groups excluding carboxylic acids is 2. The first-order valence-corrected chi connectivity index (χ1v) is 13.3. The van der Waals surface area contributed by atoms with E-state index < -0.39 is 16.0 Å². The maximum absolute atomic E-state index is 12.9. The van der Waals surface area contributed by atoms with Crippen LogP contribution in [0.15, 0.2) is 45.9 Å². The number of benzene rings is 1. The summed E-state index contributed by atoms with van der Waals surface area (Å²) in [5, 5.41) is 2.66. The lowest BCUT2D eigenvalue weighted by Gasteiger charge is -2.30. The quantitative estimate of drug-likeness (QED) is 0.593. The number of hydrogen-bond acceptors (Lipinski definition) is 7. The Kier molecular flexibility index (Phi) is 7.57. The number of rotatable bonds is 7. The van der Waals surface area contributed by atoms with Crippen molar-refractivity contribution in [2.45, 2.75) is 44.1 Å². The Morgan fingerprint density at radius 1 is 1.00 bits per heavy atom. The van der Waals surface area contributed by atoms with Crippen LogP contribution in [0, 0.1) is 5.92 Å². The van der Waals surface area contributed by atoms with Crippen LogP contribution in [0.5, 0.6) is 0 Å². The minimum absolute atomic E-state index is 0.106. The van der Waals surface area contributed by atoms with Crippen LogP contribution in [0.4, 0.5) is 11.4 Å². The molecule has 0 unspecified atom stereocenters. The van der Waals surface area contributed by atoms with Crippen molar-refractivity contribution in [3.8, 4) is 0 Å². The number of carbonyl (C=O) groups is 2. The van der Waals surface area contributed by atoms with Gasteiger partial charge in [0.25, 0.3) is 10.0 Å². The van der Waals surface area contributed by atoms with E-state index in [1.54, 1.807) is 6.92 Å². The fraction of sp³-hybridized carbons (Fsp3) is 0.500. The first-order valence-electron chi connectivity index (χ1n) is 11.8. The average molecular weight is 490 g/mol. The molecule has 0 spiro atoms. The van der Waals surface area contributed by atoms with Crippen molar-refractivity contribution in [3.05, 3.63) is 42.2 Å². The minimum Gasteiger partial charge on any atom is -0.460 e. The molecule has 4 rings (SSSR count). The van der Waals surface area contributed by atoms with Crippen LogP contribution in [0.3, 0.4) is 0 Å². The molecular formula is C24H31N3O6S. The summed E-state index contributed by atoms with van der Waals surface area (Å²) in [5.74, 6) is -1.24. The Labute approximate surface area is 200 Å². The normalized spacial score (nSPS) is 18.0. The monoisotopic (exact) mass is 489 g/mol. The summed E-state index contributed by atoms with van der Waals surface area (Å²) in [6.45, 7) is 4.35. The van der Waals surface area contributed by atoms with Gasteiger partial charge in [0.2, 0.25) is 16.8 Å². The minimum atomic E-state index is -3.89. The highest BCUT2D eigenvalue weighted by Gasteiger charge is 2.34. The topological polar surface area (TPSA) is 109 Å². The highest BCUT2D eigenvalue weighted by Crippen LogP contribution is 2.27. The summed E-state index contributed by atoms with van der Waals surface area (Å²) in [5.41, 5.74) is 1.91. The molecule has 2 aliphatic heterocycles. The van der Waals surface area contributed by atoms with Gasteiger partial charge in [0.1, 0.15) is 0 Å². The van der Waals surface area contributed by atoms with Crippen LogP contribution >= 0.6 is 0 Å². The van der Waals surface area contributed by atoms with E-state index in [0.717, 1.165) is 18.8 Å². The molecule has 2 aliphatic rings. The second-order valence-corrected chi connectivity index (χ2v) is 10.5. The molecule has 10 heteroatoms. The molecule has 1 amide bonds. The van der Waals surface area contributed by atoms with Crippen LogP contribution < -0.4 is 10.2 Å². The van der Waals surface area contributed by atoms with E-state index in [1.807, 2.05) is 24.3 Å². The van der Waals surface area contributed by atoms with Crippen molar-refractivity contribution in [1.82, 2.24) is 4.31 Å². The number of nitrogens with one attached hydrogen (secondary N) is 1. The molecule has 1 aromatic heterocycles. The van der Waals surface area contributed by atoms with E-state index in [0.29, 0.717) is 12.8 Å². The third-order valence-corrected chi connectivity index (χ3v) is 8.11. The molecule has 0 aliphatic carbocycles. The Bertz CT molecular complexity index is 1100. The van der Waals surface area contributed by atoms with Crippen LogP contribution in [0.25, 0.3) is 0 Å². The highest BCUT2D eigenvalue weighted by molar-refractivity contribution is 7.89. The summed E-state index contributed by atoms with van der Waals surface area (Å²) >= 11 is 0. The maximum atomic E-state index is 12.9. The summed E-state index contributed by atoms with van der Waals surface area (Å²) in [6, 6.07) is 10.4. The van der Waals surface area contributed by atoms with Gasteiger partial charge in [0.05, 0.1) is 6.61 Å². The van der Waals surface area contributed by atoms with E-state index in [1.165, 1.54) is 41.4 Å². The number of amides is 1. The predicted octanol–water partition coefficient (Wildman–Crippen LogP) is 3.49. The third kappa shape index (κ3) is 5.44. The Hall–Kier alpha value is -2.85. The molecule has 3 heterocycles. The fourth-order valence-corrected chi connectivity index (χ4v) is 5.79. The van der Waals surface area contributed by atoms with Crippen molar-refractivity contribution < 1.29 is 27.2 Å². The van der Waals surface area contributed by atoms with Gasteiger partial charge in [-0.2, -0.15) is 4.31 Å². The zero-order valence-corrected chi connectivity index (χ0v) is 20.2. The molecule has 0 saturated carbocycles. The number of hydrogen-bond donors (Lipinski definition) is 1. The van der Waals surface area contributed by atoms with Gasteiger partial charge in [-0.15, -0.1) is 0 Å². The summed E-state index contributed by atoms with van der Waals surface area (Å²) < 4.78 is 37.1. The number of piperidine rings is 2. The van der Waals surface area contributed by atoms with Gasteiger partial charge in [0.15, 0.2) is 0 Å². The summed E-state index contributed by atoms with van der Waals surface area (Å²) in [6.07, 6.45) is 4.50. The smallest absolute Gasteiger partial charge is 0.374 e. The van der Waals surface area contributed by atoms with Crippen molar-refractivity contribution in [2.24, 2.45) is 5.92 Å². The molecule has 0 bridgehead atoms. The van der Waals surface area contributed by atoms with Crippen molar-refractivity contribution in [2.75, 3.05) is 43.0 Å². The lowest BCUT2D eigenvalue weighted by molar-refractivity contribution is -0.120. The first kappa shape index (κ1) is 24.3. The van der Waals surface area contributed by atoms with E-state index in [2.05, 4.69) is 10.2 Å². The van der Waals surface area contributed by atoms with Crippen LogP contribution in [0.1, 0.15) is 49.6 Å². The number of esters is 1. The Morgan fingerprint density at radius 2 is 1.68 bits per heavy atom. The standard InChI is InChI=1S/C24H31N3O6S/c1-2-32-24(29)21-10-11-22(33-21)34(30,31)27-16-12-18(13-17-27)23(28)25-19-6-8-20(9-7-19)26-14-4-3-5-15-26/h6-11,18H,2-5,12-17H2,1H3,(H,25,28).